The number of nitrogens with zero attached hydrogens (tertiary/aromatic N) is 3. The molecule has 150 valence electrons. The van der Waals surface area contributed by atoms with Crippen LogP contribution >= 0.6 is 11.8 Å². The highest BCUT2D eigenvalue weighted by Gasteiger charge is 2.17. The second-order valence-corrected chi connectivity index (χ2v) is 8.22. The summed E-state index contributed by atoms with van der Waals surface area (Å²) in [6.07, 6.45) is 1.71. The molecule has 0 radical (unpaired) electrons. The third-order valence-corrected chi connectivity index (χ3v) is 5.83. The molecular weight excluding hydrogens is 394 g/mol. The third kappa shape index (κ3) is 3.91. The van der Waals surface area contributed by atoms with Crippen LogP contribution in [-0.2, 0) is 0 Å². The second-order valence-electron chi connectivity index (χ2n) is 7.28. The van der Waals surface area contributed by atoms with Gasteiger partial charge in [0.25, 0.3) is 5.56 Å². The van der Waals surface area contributed by atoms with E-state index in [0.717, 1.165) is 16.7 Å². The van der Waals surface area contributed by atoms with E-state index < -0.39 is 0 Å². The standard InChI is InChI=1S/C24H21N3O2S/c1-15-8-10-17(3)19(12-15)21(28)14-30-24-26-20-7-5-4-6-18(20)23(29)27(24)22-11-9-16(2)13-25-22/h4-13H,14H2,1-3H3. The highest BCUT2D eigenvalue weighted by atomic mass is 32.2. The van der Waals surface area contributed by atoms with Crippen molar-refractivity contribution in [2.75, 3.05) is 5.75 Å². The lowest BCUT2D eigenvalue weighted by atomic mass is 10.0. The van der Waals surface area contributed by atoms with Crippen molar-refractivity contribution >= 4 is 28.4 Å². The first kappa shape index (κ1) is 20.0. The van der Waals surface area contributed by atoms with E-state index in [9.17, 15) is 9.59 Å². The molecule has 0 atom stereocenters. The Morgan fingerprint density at radius 1 is 1.00 bits per heavy atom. The number of hydrogen-bond donors (Lipinski definition) is 0. The molecule has 2 aromatic carbocycles. The lowest BCUT2D eigenvalue weighted by Gasteiger charge is -2.13. The first-order chi connectivity index (χ1) is 14.4. The van der Waals surface area contributed by atoms with Crippen LogP contribution in [0.1, 0.15) is 27.0 Å². The summed E-state index contributed by atoms with van der Waals surface area (Å²) in [4.78, 5) is 35.2. The van der Waals surface area contributed by atoms with Crippen LogP contribution in [0.2, 0.25) is 0 Å². The zero-order chi connectivity index (χ0) is 21.3. The Kier molecular flexibility index (Phi) is 5.50. The van der Waals surface area contributed by atoms with Gasteiger partial charge in [0, 0.05) is 11.8 Å². The highest BCUT2D eigenvalue weighted by Crippen LogP contribution is 2.23. The Morgan fingerprint density at radius 3 is 2.53 bits per heavy atom. The molecule has 0 aliphatic carbocycles. The fraction of sp³-hybridized carbons (Fsp3) is 0.167. The first-order valence-electron chi connectivity index (χ1n) is 9.62. The molecule has 5 nitrogen and oxygen atoms in total. The Labute approximate surface area is 178 Å². The van der Waals surface area contributed by atoms with Crippen LogP contribution < -0.4 is 5.56 Å². The number of rotatable bonds is 5. The van der Waals surface area contributed by atoms with E-state index in [1.165, 1.54) is 16.3 Å². The number of aromatic nitrogens is 3. The maximum Gasteiger partial charge on any atom is 0.267 e. The van der Waals surface area contributed by atoms with Gasteiger partial charge in [0.2, 0.25) is 0 Å². The molecule has 0 unspecified atom stereocenters. The van der Waals surface area contributed by atoms with Gasteiger partial charge in [-0.2, -0.15) is 0 Å². The van der Waals surface area contributed by atoms with Crippen molar-refractivity contribution in [1.29, 1.82) is 0 Å². The van der Waals surface area contributed by atoms with Crippen LogP contribution in [0.15, 0.2) is 70.7 Å². The number of fused-ring (bicyclic) bond motifs is 1. The van der Waals surface area contributed by atoms with Gasteiger partial charge in [-0.05, 0) is 56.2 Å². The summed E-state index contributed by atoms with van der Waals surface area (Å²) in [5.74, 6) is 0.679. The number of ketones is 1. The third-order valence-electron chi connectivity index (χ3n) is 4.90. The van der Waals surface area contributed by atoms with Gasteiger partial charge in [0.05, 0.1) is 16.7 Å². The monoisotopic (exact) mass is 415 g/mol. The molecule has 4 rings (SSSR count). The van der Waals surface area contributed by atoms with Gasteiger partial charge in [-0.25, -0.2) is 14.5 Å². The lowest BCUT2D eigenvalue weighted by Crippen LogP contribution is -2.23. The van der Waals surface area contributed by atoms with Crippen molar-refractivity contribution in [2.24, 2.45) is 0 Å². The molecule has 0 fully saturated rings. The number of benzene rings is 2. The van der Waals surface area contributed by atoms with E-state index in [1.54, 1.807) is 24.4 Å². The molecule has 0 amide bonds. The molecule has 6 heteroatoms. The normalized spacial score (nSPS) is 11.0. The molecule has 0 saturated carbocycles. The van der Waals surface area contributed by atoms with Gasteiger partial charge in [0.15, 0.2) is 10.9 Å². The van der Waals surface area contributed by atoms with Crippen molar-refractivity contribution in [2.45, 2.75) is 25.9 Å². The number of thioether (sulfide) groups is 1. The van der Waals surface area contributed by atoms with Crippen LogP contribution in [0.4, 0.5) is 0 Å². The van der Waals surface area contributed by atoms with Crippen molar-refractivity contribution in [1.82, 2.24) is 14.5 Å². The van der Waals surface area contributed by atoms with Crippen LogP contribution in [0.25, 0.3) is 16.7 Å². The number of aryl methyl sites for hydroxylation is 3. The number of hydrogen-bond acceptors (Lipinski definition) is 5. The van der Waals surface area contributed by atoms with E-state index in [-0.39, 0.29) is 17.1 Å². The summed E-state index contributed by atoms with van der Waals surface area (Å²) in [5, 5.41) is 0.971. The van der Waals surface area contributed by atoms with Crippen molar-refractivity contribution < 1.29 is 4.79 Å². The molecule has 0 saturated heterocycles. The number of pyridine rings is 1. The zero-order valence-electron chi connectivity index (χ0n) is 17.0. The van der Waals surface area contributed by atoms with E-state index in [2.05, 4.69) is 9.97 Å². The average molecular weight is 416 g/mol. The van der Waals surface area contributed by atoms with Crippen LogP contribution in [0.3, 0.4) is 0 Å². The molecule has 2 aromatic heterocycles. The van der Waals surface area contributed by atoms with E-state index in [4.69, 9.17) is 0 Å². The van der Waals surface area contributed by atoms with Gasteiger partial charge < -0.3 is 0 Å². The van der Waals surface area contributed by atoms with Gasteiger partial charge >= 0.3 is 0 Å². The average Bonchev–Trinajstić information content (AvgIpc) is 2.75. The summed E-state index contributed by atoms with van der Waals surface area (Å²) in [6.45, 7) is 5.84. The fourth-order valence-corrected chi connectivity index (χ4v) is 4.13. The first-order valence-corrected chi connectivity index (χ1v) is 10.6. The Balaban J connectivity index is 1.76. The zero-order valence-corrected chi connectivity index (χ0v) is 17.9. The maximum atomic E-state index is 13.2. The molecule has 4 aromatic rings. The summed E-state index contributed by atoms with van der Waals surface area (Å²) >= 11 is 1.25. The summed E-state index contributed by atoms with van der Waals surface area (Å²) in [6, 6.07) is 16.8. The van der Waals surface area contributed by atoms with Gasteiger partial charge in [-0.1, -0.05) is 47.7 Å². The van der Waals surface area contributed by atoms with E-state index in [1.807, 2.05) is 57.2 Å². The molecule has 0 N–H and O–H groups in total. The Morgan fingerprint density at radius 2 is 1.77 bits per heavy atom. The number of Topliss-reactive ketones (excluding diaryl/α,β-unsaturated/α-hetero) is 1. The second kappa shape index (κ2) is 8.24. The number of carbonyl (C=O) groups is 1. The molecule has 2 heterocycles. The minimum absolute atomic E-state index is 0.00650. The predicted molar refractivity (Wildman–Crippen MR) is 121 cm³/mol. The van der Waals surface area contributed by atoms with Crippen molar-refractivity contribution in [3.05, 3.63) is 93.4 Å². The van der Waals surface area contributed by atoms with Crippen LogP contribution in [0.5, 0.6) is 0 Å². The molecule has 30 heavy (non-hydrogen) atoms. The van der Waals surface area contributed by atoms with Gasteiger partial charge in [-0.15, -0.1) is 0 Å². The van der Waals surface area contributed by atoms with Crippen molar-refractivity contribution in [3.63, 3.8) is 0 Å². The highest BCUT2D eigenvalue weighted by molar-refractivity contribution is 7.99. The largest absolute Gasteiger partial charge is 0.293 e. The predicted octanol–water partition coefficient (Wildman–Crippen LogP) is 4.68. The molecular formula is C24H21N3O2S. The number of carbonyl (C=O) groups excluding carboxylic acids is 1. The van der Waals surface area contributed by atoms with Gasteiger partial charge in [0.1, 0.15) is 5.82 Å². The topological polar surface area (TPSA) is 64.8 Å². The minimum Gasteiger partial charge on any atom is -0.293 e. The SMILES string of the molecule is Cc1ccc(-n2c(SCC(=O)c3cc(C)ccc3C)nc3ccccc3c2=O)nc1. The lowest BCUT2D eigenvalue weighted by molar-refractivity contribution is 0.102. The summed E-state index contributed by atoms with van der Waals surface area (Å²) in [7, 11) is 0. The molecule has 0 spiro atoms. The summed E-state index contributed by atoms with van der Waals surface area (Å²) in [5.41, 5.74) is 4.09. The fourth-order valence-electron chi connectivity index (χ4n) is 3.25. The van der Waals surface area contributed by atoms with Crippen LogP contribution in [0, 0.1) is 20.8 Å². The van der Waals surface area contributed by atoms with Crippen LogP contribution in [-0.4, -0.2) is 26.1 Å². The smallest absolute Gasteiger partial charge is 0.267 e. The molecule has 0 aliphatic rings. The quantitative estimate of drug-likeness (QED) is 0.269. The molecule has 0 aliphatic heterocycles. The Hall–Kier alpha value is -3.25. The summed E-state index contributed by atoms with van der Waals surface area (Å²) < 4.78 is 1.49. The maximum absolute atomic E-state index is 13.2. The van der Waals surface area contributed by atoms with E-state index >= 15 is 0 Å². The van der Waals surface area contributed by atoms with Crippen molar-refractivity contribution in [3.8, 4) is 5.82 Å². The van der Waals surface area contributed by atoms with Gasteiger partial charge in [-0.3, -0.25) is 9.59 Å². The van der Waals surface area contributed by atoms with E-state index in [0.29, 0.717) is 27.4 Å². The minimum atomic E-state index is -0.196. The Bertz CT molecular complexity index is 1310. The number of para-hydroxylation sites is 1. The molecule has 0 bridgehead atoms.